The molecule has 0 radical (unpaired) electrons. The van der Waals surface area contributed by atoms with Gasteiger partial charge >= 0.3 is 0 Å². The second-order valence-corrected chi connectivity index (χ2v) is 7.28. The van der Waals surface area contributed by atoms with E-state index >= 15 is 0 Å². The van der Waals surface area contributed by atoms with Crippen LogP contribution in [0, 0.1) is 0 Å². The number of hydrogen-bond donors (Lipinski definition) is 1. The molecule has 1 aliphatic heterocycles. The van der Waals surface area contributed by atoms with Gasteiger partial charge in [-0.25, -0.2) is 0 Å². The van der Waals surface area contributed by atoms with Crippen molar-refractivity contribution in [1.82, 2.24) is 0 Å². The van der Waals surface area contributed by atoms with Crippen LogP contribution < -0.4 is 4.74 Å². The van der Waals surface area contributed by atoms with Crippen molar-refractivity contribution in [2.75, 3.05) is 6.61 Å². The van der Waals surface area contributed by atoms with Gasteiger partial charge in [-0.2, -0.15) is 0 Å². The van der Waals surface area contributed by atoms with Crippen molar-refractivity contribution in [3.05, 3.63) is 49.1 Å². The molecule has 1 aromatic carbocycles. The van der Waals surface area contributed by atoms with Gasteiger partial charge in [0.05, 0.1) is 16.5 Å². The Morgan fingerprint density at radius 3 is 3.00 bits per heavy atom. The molecule has 2 heterocycles. The molecular formula is C14H12BrClO2S. The third kappa shape index (κ3) is 2.82. The average Bonchev–Trinajstić information content (AvgIpc) is 2.97. The molecule has 1 aromatic heterocycles. The van der Waals surface area contributed by atoms with Crippen LogP contribution in [0.4, 0.5) is 0 Å². The summed E-state index contributed by atoms with van der Waals surface area (Å²) in [5, 5.41) is 13.0. The molecule has 0 bridgehead atoms. The minimum atomic E-state index is -0.533. The van der Waals surface area contributed by atoms with E-state index in [9.17, 15) is 5.11 Å². The summed E-state index contributed by atoms with van der Waals surface area (Å²) in [6.45, 7) is 0.697. The van der Waals surface area contributed by atoms with E-state index in [0.29, 0.717) is 18.1 Å². The zero-order valence-corrected chi connectivity index (χ0v) is 13.2. The molecule has 2 aromatic rings. The van der Waals surface area contributed by atoms with Crippen molar-refractivity contribution in [2.24, 2.45) is 0 Å². The van der Waals surface area contributed by atoms with E-state index in [1.54, 1.807) is 11.3 Å². The maximum absolute atomic E-state index is 10.3. The van der Waals surface area contributed by atoms with Crippen molar-refractivity contribution < 1.29 is 9.84 Å². The Balaban J connectivity index is 1.87. The Labute approximate surface area is 129 Å². The summed E-state index contributed by atoms with van der Waals surface area (Å²) in [5.74, 6) is 0.901. The molecule has 0 amide bonds. The molecule has 100 valence electrons. The van der Waals surface area contributed by atoms with Gasteiger partial charge in [0.15, 0.2) is 0 Å². The van der Waals surface area contributed by atoms with Gasteiger partial charge in [0.25, 0.3) is 0 Å². The van der Waals surface area contributed by atoms with Crippen LogP contribution in [0.25, 0.3) is 0 Å². The molecule has 0 fully saturated rings. The molecule has 0 aliphatic carbocycles. The largest absolute Gasteiger partial charge is 0.493 e. The van der Waals surface area contributed by atoms with E-state index in [4.69, 9.17) is 16.3 Å². The highest BCUT2D eigenvalue weighted by atomic mass is 79.9. The van der Waals surface area contributed by atoms with E-state index < -0.39 is 6.10 Å². The second kappa shape index (κ2) is 5.44. The van der Waals surface area contributed by atoms with E-state index in [-0.39, 0.29) is 0 Å². The first kappa shape index (κ1) is 13.4. The van der Waals surface area contributed by atoms with Gasteiger partial charge in [0.2, 0.25) is 0 Å². The number of aliphatic hydroxyl groups is 1. The third-order valence-corrected chi connectivity index (χ3v) is 4.95. The molecule has 2 nitrogen and oxygen atoms in total. The minimum Gasteiger partial charge on any atom is -0.493 e. The Kier molecular flexibility index (Phi) is 3.85. The first-order valence-electron chi connectivity index (χ1n) is 5.99. The van der Waals surface area contributed by atoms with Crippen molar-refractivity contribution in [1.29, 1.82) is 0 Å². The number of fused-ring (bicyclic) bond motifs is 1. The average molecular weight is 360 g/mol. The highest BCUT2D eigenvalue weighted by Gasteiger charge is 2.20. The van der Waals surface area contributed by atoms with Crippen molar-refractivity contribution in [3.63, 3.8) is 0 Å². The van der Waals surface area contributed by atoms with Gasteiger partial charge in [0, 0.05) is 17.9 Å². The number of rotatable bonds is 3. The van der Waals surface area contributed by atoms with Crippen molar-refractivity contribution in [3.8, 4) is 5.75 Å². The summed E-state index contributed by atoms with van der Waals surface area (Å²) in [4.78, 5) is 0. The first-order valence-corrected chi connectivity index (χ1v) is 8.04. The Morgan fingerprint density at radius 2 is 2.26 bits per heavy atom. The fourth-order valence-corrected chi connectivity index (χ4v) is 3.81. The van der Waals surface area contributed by atoms with Gasteiger partial charge < -0.3 is 9.84 Å². The highest BCUT2D eigenvalue weighted by Crippen LogP contribution is 2.36. The number of aliphatic hydroxyl groups excluding tert-OH is 1. The molecule has 0 saturated heterocycles. The Morgan fingerprint density at radius 1 is 1.42 bits per heavy atom. The van der Waals surface area contributed by atoms with Crippen LogP contribution in [0.2, 0.25) is 5.02 Å². The fourth-order valence-electron chi connectivity index (χ4n) is 2.32. The monoisotopic (exact) mass is 358 g/mol. The van der Waals surface area contributed by atoms with E-state index in [0.717, 1.165) is 32.6 Å². The van der Waals surface area contributed by atoms with Gasteiger partial charge in [-0.1, -0.05) is 11.6 Å². The smallest absolute Gasteiger partial charge is 0.126 e. The van der Waals surface area contributed by atoms with Gasteiger partial charge in [-0.3, -0.25) is 0 Å². The summed E-state index contributed by atoms with van der Waals surface area (Å²) in [7, 11) is 0. The lowest BCUT2D eigenvalue weighted by molar-refractivity contribution is 0.177. The summed E-state index contributed by atoms with van der Waals surface area (Å²) >= 11 is 11.1. The van der Waals surface area contributed by atoms with Crippen LogP contribution in [-0.2, 0) is 12.8 Å². The molecule has 5 heteroatoms. The Hall–Kier alpha value is -0.550. The second-order valence-electron chi connectivity index (χ2n) is 4.56. The van der Waals surface area contributed by atoms with Gasteiger partial charge in [-0.15, -0.1) is 11.3 Å². The molecule has 1 atom stereocenters. The van der Waals surface area contributed by atoms with Crippen molar-refractivity contribution in [2.45, 2.75) is 18.9 Å². The van der Waals surface area contributed by atoms with Crippen LogP contribution in [-0.4, -0.2) is 11.7 Å². The summed E-state index contributed by atoms with van der Waals surface area (Å²) in [6, 6.07) is 5.78. The molecule has 0 spiro atoms. The SMILES string of the molecule is OC(Cc1cc(Cl)cc2c1OCC2)c1csc(Br)c1. The maximum atomic E-state index is 10.3. The van der Waals surface area contributed by atoms with Gasteiger partial charge in [-0.05, 0) is 56.2 Å². The normalized spacial score (nSPS) is 15.1. The van der Waals surface area contributed by atoms with Crippen molar-refractivity contribution >= 4 is 38.9 Å². The Bertz CT molecular complexity index is 611. The van der Waals surface area contributed by atoms with E-state index in [2.05, 4.69) is 15.9 Å². The molecule has 3 rings (SSSR count). The predicted octanol–water partition coefficient (Wildman–Crippen LogP) is 4.38. The number of hydrogen-bond acceptors (Lipinski definition) is 3. The fraction of sp³-hybridized carbons (Fsp3) is 0.286. The zero-order valence-electron chi connectivity index (χ0n) is 10.0. The van der Waals surface area contributed by atoms with Crippen LogP contribution in [0.1, 0.15) is 22.8 Å². The third-order valence-electron chi connectivity index (χ3n) is 3.21. The number of benzene rings is 1. The molecular weight excluding hydrogens is 348 g/mol. The van der Waals surface area contributed by atoms with Crippen LogP contribution in [0.15, 0.2) is 27.4 Å². The maximum Gasteiger partial charge on any atom is 0.126 e. The lowest BCUT2D eigenvalue weighted by Gasteiger charge is -2.13. The number of thiophene rings is 1. The summed E-state index contributed by atoms with van der Waals surface area (Å²) < 4.78 is 6.67. The predicted molar refractivity (Wildman–Crippen MR) is 81.3 cm³/mol. The van der Waals surface area contributed by atoms with E-state index in [1.807, 2.05) is 23.6 Å². The topological polar surface area (TPSA) is 29.5 Å². The zero-order chi connectivity index (χ0) is 13.4. The molecule has 1 N–H and O–H groups in total. The molecule has 0 saturated carbocycles. The van der Waals surface area contributed by atoms with Crippen LogP contribution in [0.3, 0.4) is 0 Å². The van der Waals surface area contributed by atoms with E-state index in [1.165, 1.54) is 0 Å². The van der Waals surface area contributed by atoms with Crippen LogP contribution in [0.5, 0.6) is 5.75 Å². The summed E-state index contributed by atoms with van der Waals surface area (Å²) in [6.07, 6.45) is 0.879. The number of halogens is 2. The lowest BCUT2D eigenvalue weighted by atomic mass is 10.0. The quantitative estimate of drug-likeness (QED) is 0.881. The minimum absolute atomic E-state index is 0.520. The summed E-state index contributed by atoms with van der Waals surface area (Å²) in [5.41, 5.74) is 3.04. The standard InChI is InChI=1S/C14H12BrClO2S/c15-13-6-10(7-19-13)12(17)5-9-4-11(16)3-8-1-2-18-14(8)9/h3-4,6-7,12,17H,1-2,5H2. The highest BCUT2D eigenvalue weighted by molar-refractivity contribution is 9.11. The molecule has 1 unspecified atom stereocenters. The van der Waals surface area contributed by atoms with Crippen LogP contribution >= 0.6 is 38.9 Å². The van der Waals surface area contributed by atoms with Gasteiger partial charge in [0.1, 0.15) is 5.75 Å². The lowest BCUT2D eigenvalue weighted by Crippen LogP contribution is -2.02. The molecule has 19 heavy (non-hydrogen) atoms. The first-order chi connectivity index (χ1) is 9.13. The number of ether oxygens (including phenoxy) is 1. The molecule has 1 aliphatic rings.